The molecule has 0 spiro atoms. The second-order valence-electron chi connectivity index (χ2n) is 5.96. The number of cyclic esters (lactones) is 1. The number of rotatable bonds is 4. The standard InChI is InChI=1S/C19H9F5N2O3/c20-13-14(21)16(23)18(17(24)15(13)22)26-25-6-10-2-4-12(29-10)8-1-3-11-9(5-8)7-28-19(11)27/h1-6,26H,7H2/b25-6+. The molecule has 5 nitrogen and oxygen atoms in total. The van der Waals surface area contributed by atoms with Crippen molar-refractivity contribution in [2.45, 2.75) is 6.61 Å². The molecule has 0 fully saturated rings. The van der Waals surface area contributed by atoms with Crippen LogP contribution < -0.4 is 5.43 Å². The maximum Gasteiger partial charge on any atom is 0.338 e. The average Bonchev–Trinajstić information content (AvgIpc) is 3.34. The molecule has 10 heteroatoms. The molecule has 0 unspecified atom stereocenters. The Morgan fingerprint density at radius 1 is 0.931 bits per heavy atom. The van der Waals surface area contributed by atoms with Gasteiger partial charge in [-0.25, -0.2) is 26.7 Å². The van der Waals surface area contributed by atoms with E-state index in [4.69, 9.17) is 9.15 Å². The number of nitrogens with one attached hydrogen (secondary N) is 1. The highest BCUT2D eigenvalue weighted by molar-refractivity contribution is 5.94. The fourth-order valence-electron chi connectivity index (χ4n) is 2.73. The molecule has 4 rings (SSSR count). The van der Waals surface area contributed by atoms with Crippen LogP contribution in [-0.2, 0) is 11.3 Å². The van der Waals surface area contributed by atoms with Crippen molar-refractivity contribution in [1.29, 1.82) is 0 Å². The Kier molecular flexibility index (Phi) is 4.53. The lowest BCUT2D eigenvalue weighted by Gasteiger charge is -2.06. The van der Waals surface area contributed by atoms with Crippen molar-refractivity contribution in [3.05, 3.63) is 76.3 Å². The van der Waals surface area contributed by atoms with E-state index in [1.807, 2.05) is 0 Å². The number of benzene rings is 2. The van der Waals surface area contributed by atoms with Crippen LogP contribution >= 0.6 is 0 Å². The average molecular weight is 408 g/mol. The van der Waals surface area contributed by atoms with Crippen LogP contribution in [0.15, 0.2) is 39.9 Å². The molecule has 0 amide bonds. The van der Waals surface area contributed by atoms with Crippen LogP contribution in [0, 0.1) is 29.1 Å². The van der Waals surface area contributed by atoms with Gasteiger partial charge in [-0.05, 0) is 24.3 Å². The van der Waals surface area contributed by atoms with Gasteiger partial charge in [0.15, 0.2) is 23.3 Å². The van der Waals surface area contributed by atoms with E-state index in [0.717, 1.165) is 6.21 Å². The van der Waals surface area contributed by atoms with E-state index >= 15 is 0 Å². The van der Waals surface area contributed by atoms with Crippen LogP contribution in [0.25, 0.3) is 11.3 Å². The van der Waals surface area contributed by atoms with Gasteiger partial charge in [0.1, 0.15) is 23.8 Å². The van der Waals surface area contributed by atoms with Crippen LogP contribution in [-0.4, -0.2) is 12.2 Å². The highest BCUT2D eigenvalue weighted by Crippen LogP contribution is 2.29. The van der Waals surface area contributed by atoms with Gasteiger partial charge in [0, 0.05) is 11.1 Å². The van der Waals surface area contributed by atoms with Gasteiger partial charge in [0.05, 0.1) is 11.8 Å². The monoisotopic (exact) mass is 408 g/mol. The summed E-state index contributed by atoms with van der Waals surface area (Å²) < 4.78 is 76.9. The minimum atomic E-state index is -2.26. The highest BCUT2D eigenvalue weighted by atomic mass is 19.2. The van der Waals surface area contributed by atoms with Gasteiger partial charge < -0.3 is 9.15 Å². The van der Waals surface area contributed by atoms with E-state index in [2.05, 4.69) is 5.10 Å². The van der Waals surface area contributed by atoms with Crippen LogP contribution in [0.3, 0.4) is 0 Å². The molecule has 0 saturated heterocycles. The van der Waals surface area contributed by atoms with Crippen molar-refractivity contribution in [2.24, 2.45) is 5.10 Å². The van der Waals surface area contributed by atoms with Crippen LogP contribution in [0.1, 0.15) is 21.7 Å². The predicted octanol–water partition coefficient (Wildman–Crippen LogP) is 4.76. The van der Waals surface area contributed by atoms with Crippen molar-refractivity contribution in [3.8, 4) is 11.3 Å². The SMILES string of the molecule is O=C1OCc2cc(-c3ccc(/C=N/Nc4c(F)c(F)c(F)c(F)c4F)o3)ccc21. The van der Waals surface area contributed by atoms with Crippen molar-refractivity contribution in [3.63, 3.8) is 0 Å². The number of anilines is 1. The first kappa shape index (κ1) is 18.7. The lowest BCUT2D eigenvalue weighted by molar-refractivity contribution is 0.0535. The number of carbonyl (C=O) groups excluding carboxylic acids is 1. The van der Waals surface area contributed by atoms with Crippen LogP contribution in [0.5, 0.6) is 0 Å². The van der Waals surface area contributed by atoms with Gasteiger partial charge in [0.25, 0.3) is 0 Å². The number of carbonyl (C=O) groups is 1. The molecule has 3 aromatic rings. The zero-order chi connectivity index (χ0) is 20.7. The van der Waals surface area contributed by atoms with Gasteiger partial charge in [-0.1, -0.05) is 6.07 Å². The molecule has 1 N–H and O–H groups in total. The van der Waals surface area contributed by atoms with Crippen molar-refractivity contribution < 1.29 is 35.9 Å². The Bertz CT molecular complexity index is 1140. The molecule has 0 radical (unpaired) electrons. The van der Waals surface area contributed by atoms with Gasteiger partial charge in [-0.15, -0.1) is 0 Å². The van der Waals surface area contributed by atoms with Crippen molar-refractivity contribution in [2.75, 3.05) is 5.43 Å². The van der Waals surface area contributed by atoms with Gasteiger partial charge >= 0.3 is 5.97 Å². The Morgan fingerprint density at radius 2 is 1.62 bits per heavy atom. The van der Waals surface area contributed by atoms with E-state index < -0.39 is 40.7 Å². The summed E-state index contributed by atoms with van der Waals surface area (Å²) in [6, 6.07) is 8.03. The first-order valence-corrected chi connectivity index (χ1v) is 8.07. The fourth-order valence-corrected chi connectivity index (χ4v) is 2.73. The normalized spacial score (nSPS) is 13.1. The Hall–Kier alpha value is -3.69. The number of hydrogen-bond acceptors (Lipinski definition) is 5. The number of hydrogen-bond donors (Lipinski definition) is 1. The maximum atomic E-state index is 13.6. The highest BCUT2D eigenvalue weighted by Gasteiger charge is 2.25. The summed E-state index contributed by atoms with van der Waals surface area (Å²) in [6.07, 6.45) is 1.00. The molecular formula is C19H9F5N2O3. The first-order valence-electron chi connectivity index (χ1n) is 8.07. The Balaban J connectivity index is 1.54. The van der Waals surface area contributed by atoms with Crippen LogP contribution in [0.4, 0.5) is 27.6 Å². The second-order valence-corrected chi connectivity index (χ2v) is 5.96. The van der Waals surface area contributed by atoms with Gasteiger partial charge in [-0.2, -0.15) is 5.10 Å². The zero-order valence-electron chi connectivity index (χ0n) is 14.2. The number of nitrogens with zero attached hydrogens (tertiary/aromatic N) is 1. The Labute approximate surface area is 159 Å². The van der Waals surface area contributed by atoms with Crippen molar-refractivity contribution >= 4 is 17.9 Å². The van der Waals surface area contributed by atoms with Crippen molar-refractivity contribution in [1.82, 2.24) is 0 Å². The summed E-state index contributed by atoms with van der Waals surface area (Å²) in [5.74, 6) is -10.3. The molecule has 0 bridgehead atoms. The summed E-state index contributed by atoms with van der Waals surface area (Å²) in [5, 5.41) is 3.45. The number of fused-ring (bicyclic) bond motifs is 1. The van der Waals surface area contributed by atoms with E-state index in [-0.39, 0.29) is 12.4 Å². The third kappa shape index (κ3) is 3.22. The van der Waals surface area contributed by atoms with E-state index in [1.54, 1.807) is 29.7 Å². The van der Waals surface area contributed by atoms with Crippen LogP contribution in [0.2, 0.25) is 0 Å². The number of hydrazone groups is 1. The smallest absolute Gasteiger partial charge is 0.338 e. The first-order chi connectivity index (χ1) is 13.9. The molecule has 1 aromatic heterocycles. The molecule has 0 atom stereocenters. The zero-order valence-corrected chi connectivity index (χ0v) is 14.2. The number of furan rings is 1. The lowest BCUT2D eigenvalue weighted by atomic mass is 10.0. The largest absolute Gasteiger partial charge is 0.457 e. The van der Waals surface area contributed by atoms with E-state index in [1.165, 1.54) is 6.07 Å². The molecular weight excluding hydrogens is 399 g/mol. The molecule has 2 heterocycles. The fraction of sp³-hybridized carbons (Fsp3) is 0.0526. The summed E-state index contributed by atoms with van der Waals surface area (Å²) >= 11 is 0. The molecule has 1 aliphatic rings. The summed E-state index contributed by atoms with van der Waals surface area (Å²) in [4.78, 5) is 11.5. The number of ether oxygens (including phenoxy) is 1. The summed E-state index contributed by atoms with van der Waals surface area (Å²) in [7, 11) is 0. The summed E-state index contributed by atoms with van der Waals surface area (Å²) in [5.41, 5.74) is 2.32. The Morgan fingerprint density at radius 3 is 2.34 bits per heavy atom. The molecule has 1 aliphatic heterocycles. The minimum absolute atomic E-state index is 0.143. The molecule has 2 aromatic carbocycles. The number of halogens is 5. The molecule has 148 valence electrons. The topological polar surface area (TPSA) is 63.8 Å². The second kappa shape index (κ2) is 7.04. The lowest BCUT2D eigenvalue weighted by Crippen LogP contribution is -2.06. The van der Waals surface area contributed by atoms with Gasteiger partial charge in [0.2, 0.25) is 5.82 Å². The molecule has 0 aliphatic carbocycles. The van der Waals surface area contributed by atoms with Gasteiger partial charge in [-0.3, -0.25) is 5.43 Å². The third-order valence-corrected chi connectivity index (χ3v) is 4.17. The maximum absolute atomic E-state index is 13.6. The summed E-state index contributed by atoms with van der Waals surface area (Å²) in [6.45, 7) is 0.156. The predicted molar refractivity (Wildman–Crippen MR) is 90.7 cm³/mol. The molecule has 29 heavy (non-hydrogen) atoms. The van der Waals surface area contributed by atoms with E-state index in [9.17, 15) is 26.7 Å². The third-order valence-electron chi connectivity index (χ3n) is 4.17. The minimum Gasteiger partial charge on any atom is -0.457 e. The quantitative estimate of drug-likeness (QED) is 0.169. The van der Waals surface area contributed by atoms with E-state index in [0.29, 0.717) is 22.5 Å². The molecule has 0 saturated carbocycles. The number of esters is 1.